The highest BCUT2D eigenvalue weighted by Crippen LogP contribution is 2.39. The average Bonchev–Trinajstić information content (AvgIpc) is 2.99. The summed E-state index contributed by atoms with van der Waals surface area (Å²) in [4.78, 5) is 13.0. The first-order chi connectivity index (χ1) is 19.0. The van der Waals surface area contributed by atoms with E-state index >= 15 is 0 Å². The van der Waals surface area contributed by atoms with E-state index in [1.54, 1.807) is 45.6 Å². The summed E-state index contributed by atoms with van der Waals surface area (Å²) in [5.41, 5.74) is 2.80. The first-order valence-electron chi connectivity index (χ1n) is 12.1. The summed E-state index contributed by atoms with van der Waals surface area (Å²) in [6.07, 6.45) is 0. The van der Waals surface area contributed by atoms with Crippen LogP contribution in [0.3, 0.4) is 0 Å². The molecule has 4 aromatic rings. The summed E-state index contributed by atoms with van der Waals surface area (Å²) in [5.74, 6) is 2.28. The van der Waals surface area contributed by atoms with Gasteiger partial charge in [0.1, 0.15) is 42.1 Å². The van der Waals surface area contributed by atoms with E-state index in [-0.39, 0.29) is 36.2 Å². The average molecular weight is 549 g/mol. The van der Waals surface area contributed by atoms with Crippen LogP contribution >= 0.6 is 11.6 Å². The van der Waals surface area contributed by atoms with Gasteiger partial charge in [0.25, 0.3) is 0 Å². The standard InChI is InChI=1S/C31H29ClO7/c1-34-24-10-4-21(5-11-24)18-37-28-17-16-27(31(33)39-20-23-8-14-26(36-3)15-9-23)29(32)30(28)38-19-22-6-12-25(35-2)13-7-22/h4-17H,18-20H2,1-3H3. The summed E-state index contributed by atoms with van der Waals surface area (Å²) < 4.78 is 33.3. The van der Waals surface area contributed by atoms with Gasteiger partial charge in [-0.1, -0.05) is 48.0 Å². The number of rotatable bonds is 12. The minimum Gasteiger partial charge on any atom is -0.497 e. The van der Waals surface area contributed by atoms with E-state index in [1.807, 2.05) is 60.7 Å². The molecule has 4 aromatic carbocycles. The van der Waals surface area contributed by atoms with Crippen molar-refractivity contribution in [2.45, 2.75) is 19.8 Å². The molecule has 0 unspecified atom stereocenters. The van der Waals surface area contributed by atoms with E-state index in [2.05, 4.69) is 0 Å². The van der Waals surface area contributed by atoms with Gasteiger partial charge in [0.2, 0.25) is 0 Å². The van der Waals surface area contributed by atoms with Crippen LogP contribution in [0.2, 0.25) is 5.02 Å². The second-order valence-electron chi connectivity index (χ2n) is 8.45. The largest absolute Gasteiger partial charge is 0.497 e. The van der Waals surface area contributed by atoms with E-state index in [4.69, 9.17) is 40.0 Å². The molecule has 0 spiro atoms. The molecule has 0 aliphatic rings. The Morgan fingerprint density at radius 3 is 1.49 bits per heavy atom. The third-order valence-corrected chi connectivity index (χ3v) is 6.28. The van der Waals surface area contributed by atoms with E-state index < -0.39 is 5.97 Å². The maximum atomic E-state index is 13.0. The predicted molar refractivity (Wildman–Crippen MR) is 148 cm³/mol. The minimum absolute atomic E-state index is 0.0803. The van der Waals surface area contributed by atoms with Crippen LogP contribution in [0.4, 0.5) is 0 Å². The molecule has 0 saturated heterocycles. The highest BCUT2D eigenvalue weighted by Gasteiger charge is 2.21. The smallest absolute Gasteiger partial charge is 0.340 e. The van der Waals surface area contributed by atoms with Crippen LogP contribution in [0.15, 0.2) is 84.9 Å². The number of hydrogen-bond acceptors (Lipinski definition) is 7. The molecular weight excluding hydrogens is 520 g/mol. The number of carbonyl (C=O) groups excluding carboxylic acids is 1. The van der Waals surface area contributed by atoms with Crippen LogP contribution in [0.25, 0.3) is 0 Å². The summed E-state index contributed by atoms with van der Waals surface area (Å²) in [5, 5.41) is 0.107. The lowest BCUT2D eigenvalue weighted by atomic mass is 10.2. The molecule has 0 aromatic heterocycles. The Balaban J connectivity index is 1.53. The van der Waals surface area contributed by atoms with Crippen LogP contribution in [0.5, 0.6) is 28.7 Å². The van der Waals surface area contributed by atoms with Crippen molar-refractivity contribution >= 4 is 17.6 Å². The Hall–Kier alpha value is -4.36. The van der Waals surface area contributed by atoms with Crippen molar-refractivity contribution < 1.29 is 33.2 Å². The molecule has 0 radical (unpaired) electrons. The Morgan fingerprint density at radius 2 is 1.03 bits per heavy atom. The molecule has 0 saturated carbocycles. The van der Waals surface area contributed by atoms with Gasteiger partial charge in [-0.25, -0.2) is 4.79 Å². The van der Waals surface area contributed by atoms with Gasteiger partial charge >= 0.3 is 5.97 Å². The quantitative estimate of drug-likeness (QED) is 0.179. The summed E-state index contributed by atoms with van der Waals surface area (Å²) in [6.45, 7) is 0.546. The number of hydrogen-bond donors (Lipinski definition) is 0. The van der Waals surface area contributed by atoms with Crippen molar-refractivity contribution in [2.24, 2.45) is 0 Å². The lowest BCUT2D eigenvalue weighted by Crippen LogP contribution is -2.08. The van der Waals surface area contributed by atoms with Gasteiger partial charge in [0.15, 0.2) is 11.5 Å². The molecular formula is C31H29ClO7. The fourth-order valence-corrected chi connectivity index (χ4v) is 3.94. The maximum absolute atomic E-state index is 13.0. The molecule has 0 aliphatic carbocycles. The van der Waals surface area contributed by atoms with E-state index in [1.165, 1.54) is 0 Å². The van der Waals surface area contributed by atoms with Crippen LogP contribution in [-0.4, -0.2) is 27.3 Å². The Kier molecular flexibility index (Phi) is 9.53. The predicted octanol–water partition coefficient (Wildman–Crippen LogP) is 6.88. The summed E-state index contributed by atoms with van der Waals surface area (Å²) >= 11 is 6.71. The molecule has 0 bridgehead atoms. The van der Waals surface area contributed by atoms with Crippen molar-refractivity contribution in [2.75, 3.05) is 21.3 Å². The third-order valence-electron chi connectivity index (χ3n) is 5.91. The minimum atomic E-state index is -0.577. The molecule has 0 N–H and O–H groups in total. The van der Waals surface area contributed by atoms with Gasteiger partial charge in [0, 0.05) is 0 Å². The zero-order chi connectivity index (χ0) is 27.6. The lowest BCUT2D eigenvalue weighted by molar-refractivity contribution is 0.0472. The van der Waals surface area contributed by atoms with E-state index in [0.29, 0.717) is 5.75 Å². The number of methoxy groups -OCH3 is 3. The van der Waals surface area contributed by atoms with Gasteiger partial charge in [-0.2, -0.15) is 0 Å². The number of benzene rings is 4. The molecule has 4 rings (SSSR count). The van der Waals surface area contributed by atoms with Gasteiger partial charge < -0.3 is 28.4 Å². The SMILES string of the molecule is COc1ccc(COC(=O)c2ccc(OCc3ccc(OC)cc3)c(OCc3ccc(OC)cc3)c2Cl)cc1. The van der Waals surface area contributed by atoms with E-state index in [0.717, 1.165) is 33.9 Å². The molecule has 0 amide bonds. The first kappa shape index (κ1) is 27.7. The van der Waals surface area contributed by atoms with Gasteiger partial charge in [-0.15, -0.1) is 0 Å². The molecule has 0 atom stereocenters. The zero-order valence-electron chi connectivity index (χ0n) is 21.9. The zero-order valence-corrected chi connectivity index (χ0v) is 22.7. The lowest BCUT2D eigenvalue weighted by Gasteiger charge is -2.17. The first-order valence-corrected chi connectivity index (χ1v) is 12.5. The number of carbonyl (C=O) groups is 1. The van der Waals surface area contributed by atoms with Gasteiger partial charge in [-0.05, 0) is 65.2 Å². The second kappa shape index (κ2) is 13.4. The Morgan fingerprint density at radius 1 is 0.590 bits per heavy atom. The Bertz CT molecular complexity index is 1370. The van der Waals surface area contributed by atoms with Gasteiger partial charge in [0.05, 0.1) is 26.9 Å². The van der Waals surface area contributed by atoms with Crippen molar-refractivity contribution in [1.29, 1.82) is 0 Å². The maximum Gasteiger partial charge on any atom is 0.340 e. The van der Waals surface area contributed by atoms with Gasteiger partial charge in [-0.3, -0.25) is 0 Å². The molecule has 0 aliphatic heterocycles. The van der Waals surface area contributed by atoms with E-state index in [9.17, 15) is 4.79 Å². The third kappa shape index (κ3) is 7.36. The number of ether oxygens (including phenoxy) is 6. The molecule has 202 valence electrons. The number of esters is 1. The topological polar surface area (TPSA) is 72.5 Å². The fraction of sp³-hybridized carbons (Fsp3) is 0.194. The molecule has 0 heterocycles. The molecule has 7 nitrogen and oxygen atoms in total. The Labute approximate surface area is 232 Å². The number of halogens is 1. The fourth-order valence-electron chi connectivity index (χ4n) is 3.65. The molecule has 0 fully saturated rings. The molecule has 39 heavy (non-hydrogen) atoms. The highest BCUT2D eigenvalue weighted by atomic mass is 35.5. The highest BCUT2D eigenvalue weighted by molar-refractivity contribution is 6.35. The van der Waals surface area contributed by atoms with Crippen molar-refractivity contribution in [1.82, 2.24) is 0 Å². The monoisotopic (exact) mass is 548 g/mol. The van der Waals surface area contributed by atoms with Crippen molar-refractivity contribution in [3.05, 3.63) is 112 Å². The second-order valence-corrected chi connectivity index (χ2v) is 8.83. The van der Waals surface area contributed by atoms with Crippen molar-refractivity contribution in [3.8, 4) is 28.7 Å². The summed E-state index contributed by atoms with van der Waals surface area (Å²) in [6, 6.07) is 25.5. The normalized spacial score (nSPS) is 10.5. The van der Waals surface area contributed by atoms with Crippen LogP contribution < -0.4 is 23.7 Å². The van der Waals surface area contributed by atoms with Crippen LogP contribution in [0, 0.1) is 0 Å². The van der Waals surface area contributed by atoms with Crippen molar-refractivity contribution in [3.63, 3.8) is 0 Å². The molecule has 8 heteroatoms. The van der Waals surface area contributed by atoms with Crippen LogP contribution in [-0.2, 0) is 24.6 Å². The van der Waals surface area contributed by atoms with Crippen LogP contribution in [0.1, 0.15) is 27.0 Å². The summed E-state index contributed by atoms with van der Waals surface area (Å²) in [7, 11) is 4.82.